The number of carbonyl (C=O) groups is 2. The highest BCUT2D eigenvalue weighted by atomic mass is 16.3. The summed E-state index contributed by atoms with van der Waals surface area (Å²) in [7, 11) is 0. The standard InChI is InChI=1S/C38H44N10O6/c1-2-31(51)44-29-16-30(34(53)33(29)52)48-21-42-32-35(40-19-28(23-5-9-26(49)10-6-23)24-7-11-27(50)12-8-24)45-37(46-36(32)48)47-15-13-25(20-47)43-38(54)41-18-22-4-3-14-39-17-22/h3-12,14,17,21,25,28-30,33-34,49-50,52-53H,2,13,15-16,18-20H2,1H3,(H,44,51)(H,40,45,46)(H2,41,43,54)/t25?,29-,30+,33+,34-/m0/s1. The number of aromatic nitrogens is 5. The molecule has 0 radical (unpaired) electrons. The van der Waals surface area contributed by atoms with Gasteiger partial charge >= 0.3 is 6.03 Å². The molecule has 54 heavy (non-hydrogen) atoms. The first-order valence-electron chi connectivity index (χ1n) is 18.1. The molecular weight excluding hydrogens is 692 g/mol. The largest absolute Gasteiger partial charge is 0.508 e. The Kier molecular flexibility index (Phi) is 10.7. The number of hydrogen-bond acceptors (Lipinski definition) is 12. The molecule has 3 aromatic heterocycles. The van der Waals surface area contributed by atoms with Crippen molar-refractivity contribution < 1.29 is 30.0 Å². The normalized spacial score (nSPS) is 21.0. The maximum atomic E-state index is 12.8. The summed E-state index contributed by atoms with van der Waals surface area (Å²) in [6.07, 6.45) is 3.72. The predicted molar refractivity (Wildman–Crippen MR) is 200 cm³/mol. The highest BCUT2D eigenvalue weighted by molar-refractivity contribution is 5.85. The summed E-state index contributed by atoms with van der Waals surface area (Å²) in [5, 5.41) is 54.3. The van der Waals surface area contributed by atoms with Crippen LogP contribution in [0.2, 0.25) is 0 Å². The number of pyridine rings is 1. The van der Waals surface area contributed by atoms with Crippen molar-refractivity contribution in [3.8, 4) is 11.5 Å². The van der Waals surface area contributed by atoms with E-state index in [1.54, 1.807) is 54.5 Å². The lowest BCUT2D eigenvalue weighted by molar-refractivity contribution is -0.122. The van der Waals surface area contributed by atoms with E-state index in [4.69, 9.17) is 9.97 Å². The van der Waals surface area contributed by atoms with Crippen LogP contribution in [0, 0.1) is 0 Å². The molecule has 1 aliphatic carbocycles. The number of anilines is 2. The van der Waals surface area contributed by atoms with Crippen LogP contribution in [0.5, 0.6) is 11.5 Å². The fourth-order valence-corrected chi connectivity index (χ4v) is 7.17. The molecule has 282 valence electrons. The van der Waals surface area contributed by atoms with Crippen molar-refractivity contribution in [2.24, 2.45) is 0 Å². The molecule has 2 aliphatic rings. The maximum Gasteiger partial charge on any atom is 0.315 e. The van der Waals surface area contributed by atoms with E-state index in [0.29, 0.717) is 55.5 Å². The zero-order valence-electron chi connectivity index (χ0n) is 29.7. The Morgan fingerprint density at radius 3 is 2.33 bits per heavy atom. The second kappa shape index (κ2) is 15.9. The second-order valence-corrected chi connectivity index (χ2v) is 13.7. The minimum absolute atomic E-state index is 0.143. The second-order valence-electron chi connectivity index (χ2n) is 13.7. The number of benzene rings is 2. The molecule has 0 spiro atoms. The monoisotopic (exact) mass is 736 g/mol. The van der Waals surface area contributed by atoms with E-state index in [-0.39, 0.29) is 48.2 Å². The molecule has 1 aliphatic heterocycles. The minimum Gasteiger partial charge on any atom is -0.508 e. The van der Waals surface area contributed by atoms with Gasteiger partial charge in [0.2, 0.25) is 11.9 Å². The van der Waals surface area contributed by atoms with Gasteiger partial charge in [-0.3, -0.25) is 9.78 Å². The average Bonchev–Trinajstić information content (AvgIpc) is 3.90. The number of rotatable bonds is 12. The quantitative estimate of drug-likeness (QED) is 0.0926. The third-order valence-corrected chi connectivity index (χ3v) is 10.1. The number of fused-ring (bicyclic) bond motifs is 1. The third-order valence-electron chi connectivity index (χ3n) is 10.1. The van der Waals surface area contributed by atoms with Gasteiger partial charge in [0.1, 0.15) is 23.7 Å². The highest BCUT2D eigenvalue weighted by Gasteiger charge is 2.44. The van der Waals surface area contributed by atoms with E-state index in [1.807, 2.05) is 41.3 Å². The van der Waals surface area contributed by atoms with E-state index in [1.165, 1.54) is 0 Å². The molecular formula is C38H44N10O6. The van der Waals surface area contributed by atoms with Gasteiger partial charge < -0.3 is 51.2 Å². The number of aromatic hydroxyl groups is 2. The number of nitrogens with one attached hydrogen (secondary N) is 4. The smallest absolute Gasteiger partial charge is 0.315 e. The van der Waals surface area contributed by atoms with Crippen LogP contribution in [0.4, 0.5) is 16.6 Å². The summed E-state index contributed by atoms with van der Waals surface area (Å²) in [4.78, 5) is 45.6. The minimum atomic E-state index is -1.20. The zero-order valence-corrected chi connectivity index (χ0v) is 29.7. The summed E-state index contributed by atoms with van der Waals surface area (Å²) in [6, 6.07) is 15.8. The summed E-state index contributed by atoms with van der Waals surface area (Å²) in [5.74, 6) is 0.667. The number of aliphatic hydroxyl groups excluding tert-OH is 2. The number of phenolic OH excluding ortho intramolecular Hbond substituents is 2. The summed E-state index contributed by atoms with van der Waals surface area (Å²) >= 11 is 0. The van der Waals surface area contributed by atoms with Crippen molar-refractivity contribution in [2.45, 2.75) is 69.0 Å². The fraction of sp³-hybridized carbons (Fsp3) is 0.368. The maximum absolute atomic E-state index is 12.8. The van der Waals surface area contributed by atoms with E-state index in [9.17, 15) is 30.0 Å². The van der Waals surface area contributed by atoms with Gasteiger partial charge in [-0.1, -0.05) is 37.3 Å². The molecule has 0 bridgehead atoms. The van der Waals surface area contributed by atoms with Crippen molar-refractivity contribution in [3.63, 3.8) is 0 Å². The van der Waals surface area contributed by atoms with E-state index >= 15 is 0 Å². The fourth-order valence-electron chi connectivity index (χ4n) is 7.17. The summed E-state index contributed by atoms with van der Waals surface area (Å²) in [6.45, 7) is 3.42. The number of nitrogens with zero attached hydrogens (tertiary/aromatic N) is 6. The van der Waals surface area contributed by atoms with Crippen LogP contribution in [-0.4, -0.2) is 101 Å². The van der Waals surface area contributed by atoms with Gasteiger partial charge in [0, 0.05) is 57.0 Å². The van der Waals surface area contributed by atoms with Gasteiger partial charge in [-0.2, -0.15) is 9.97 Å². The lowest BCUT2D eigenvalue weighted by Crippen LogP contribution is -2.43. The lowest BCUT2D eigenvalue weighted by Gasteiger charge is -2.22. The predicted octanol–water partition coefficient (Wildman–Crippen LogP) is 2.52. The number of phenols is 2. The Morgan fingerprint density at radius 2 is 1.67 bits per heavy atom. The Hall–Kier alpha value is -6.00. The number of aliphatic hydroxyl groups is 2. The molecule has 1 unspecified atom stereocenters. The van der Waals surface area contributed by atoms with E-state index < -0.39 is 24.3 Å². The topological polar surface area (TPSA) is 223 Å². The van der Waals surface area contributed by atoms with E-state index in [0.717, 1.165) is 16.7 Å². The molecule has 1 saturated heterocycles. The van der Waals surface area contributed by atoms with Crippen molar-refractivity contribution in [2.75, 3.05) is 29.9 Å². The SMILES string of the molecule is CCC(=O)N[C@H]1C[C@@H](n2cnc3c(NCC(c4ccc(O)cc4)c4ccc(O)cc4)nc(N4CCC(NC(=O)NCc5cccnc5)C4)nc32)[C@H](O)[C@@H]1O. The molecule has 4 heterocycles. The van der Waals surface area contributed by atoms with Crippen molar-refractivity contribution in [3.05, 3.63) is 96.1 Å². The average molecular weight is 737 g/mol. The molecule has 7 rings (SSSR count). The van der Waals surface area contributed by atoms with Gasteiger partial charge in [-0.05, 0) is 59.9 Å². The molecule has 5 aromatic rings. The van der Waals surface area contributed by atoms with Gasteiger partial charge in [-0.25, -0.2) is 9.78 Å². The van der Waals surface area contributed by atoms with Gasteiger partial charge in [0.15, 0.2) is 17.0 Å². The first kappa shape index (κ1) is 36.4. The molecule has 5 atom stereocenters. The number of carbonyl (C=O) groups excluding carboxylic acids is 2. The van der Waals surface area contributed by atoms with E-state index in [2.05, 4.69) is 31.2 Å². The van der Waals surface area contributed by atoms with Gasteiger partial charge in [0.05, 0.1) is 18.4 Å². The number of urea groups is 1. The molecule has 8 N–H and O–H groups in total. The first-order valence-corrected chi connectivity index (χ1v) is 18.1. The van der Waals surface area contributed by atoms with Crippen LogP contribution in [-0.2, 0) is 11.3 Å². The highest BCUT2D eigenvalue weighted by Crippen LogP contribution is 2.36. The number of imidazole rings is 1. The van der Waals surface area contributed by atoms with Crippen molar-refractivity contribution >= 4 is 34.9 Å². The molecule has 2 fully saturated rings. The lowest BCUT2D eigenvalue weighted by atomic mass is 9.91. The van der Waals surface area contributed by atoms with Crippen LogP contribution >= 0.6 is 0 Å². The van der Waals surface area contributed by atoms with Crippen LogP contribution in [0.25, 0.3) is 11.2 Å². The molecule has 3 amide bonds. The van der Waals surface area contributed by atoms with Crippen LogP contribution in [0.15, 0.2) is 79.4 Å². The Balaban J connectivity index is 1.17. The van der Waals surface area contributed by atoms with Crippen molar-refractivity contribution in [1.29, 1.82) is 0 Å². The number of amides is 3. The zero-order chi connectivity index (χ0) is 37.8. The third kappa shape index (κ3) is 7.99. The molecule has 2 aromatic carbocycles. The number of hydrogen-bond donors (Lipinski definition) is 8. The Morgan fingerprint density at radius 1 is 0.944 bits per heavy atom. The van der Waals surface area contributed by atoms with Crippen LogP contribution in [0.3, 0.4) is 0 Å². The molecule has 16 nitrogen and oxygen atoms in total. The Labute approximate surface area is 311 Å². The molecule has 1 saturated carbocycles. The summed E-state index contributed by atoms with van der Waals surface area (Å²) in [5.41, 5.74) is 3.59. The summed E-state index contributed by atoms with van der Waals surface area (Å²) < 4.78 is 1.73. The van der Waals surface area contributed by atoms with Gasteiger partial charge in [0.25, 0.3) is 0 Å². The molecule has 16 heteroatoms. The van der Waals surface area contributed by atoms with Crippen LogP contribution < -0.4 is 26.2 Å². The van der Waals surface area contributed by atoms with Gasteiger partial charge in [-0.15, -0.1) is 0 Å². The Bertz CT molecular complexity index is 2020. The first-order chi connectivity index (χ1) is 26.2. The van der Waals surface area contributed by atoms with Crippen molar-refractivity contribution in [1.82, 2.24) is 40.5 Å². The van der Waals surface area contributed by atoms with Crippen LogP contribution in [0.1, 0.15) is 54.8 Å².